The normalized spacial score (nSPS) is 14.3. The average Bonchev–Trinajstić information content (AvgIpc) is 2.38. The van der Waals surface area contributed by atoms with E-state index >= 15 is 0 Å². The van der Waals surface area contributed by atoms with Crippen molar-refractivity contribution in [2.24, 2.45) is 11.8 Å². The van der Waals surface area contributed by atoms with Crippen LogP contribution in [-0.2, 0) is 0 Å². The van der Waals surface area contributed by atoms with Gasteiger partial charge in [-0.3, -0.25) is 11.3 Å². The summed E-state index contributed by atoms with van der Waals surface area (Å²) in [6.07, 6.45) is 3.23. The lowest BCUT2D eigenvalue weighted by Crippen LogP contribution is -2.37. The van der Waals surface area contributed by atoms with Gasteiger partial charge in [-0.15, -0.1) is 0 Å². The number of benzene rings is 1. The predicted molar refractivity (Wildman–Crippen MR) is 71.7 cm³/mol. The highest BCUT2D eigenvalue weighted by Crippen LogP contribution is 2.13. The zero-order valence-electron chi connectivity index (χ0n) is 10.9. The number of hydrazine groups is 1. The van der Waals surface area contributed by atoms with Crippen LogP contribution in [0.15, 0.2) is 30.3 Å². The first-order chi connectivity index (χ1) is 8.26. The highest BCUT2D eigenvalue weighted by atomic mass is 16.5. The third kappa shape index (κ3) is 5.71. The molecule has 96 valence electrons. The fraction of sp³-hybridized carbons (Fsp3) is 0.571. The van der Waals surface area contributed by atoms with Crippen molar-refractivity contribution >= 4 is 0 Å². The second-order valence-electron chi connectivity index (χ2n) is 4.56. The zero-order chi connectivity index (χ0) is 12.5. The van der Waals surface area contributed by atoms with E-state index in [1.165, 1.54) is 6.42 Å². The van der Waals surface area contributed by atoms with Crippen LogP contribution >= 0.6 is 0 Å². The molecule has 0 radical (unpaired) electrons. The Bertz CT molecular complexity index is 290. The Kier molecular flexibility index (Phi) is 6.67. The summed E-state index contributed by atoms with van der Waals surface area (Å²) < 4.78 is 5.66. The van der Waals surface area contributed by atoms with Crippen molar-refractivity contribution in [3.8, 4) is 5.75 Å². The Morgan fingerprint density at radius 3 is 2.59 bits per heavy atom. The van der Waals surface area contributed by atoms with Gasteiger partial charge in [0.15, 0.2) is 0 Å². The summed E-state index contributed by atoms with van der Waals surface area (Å²) >= 11 is 0. The van der Waals surface area contributed by atoms with Gasteiger partial charge in [0, 0.05) is 6.04 Å². The van der Waals surface area contributed by atoms with Crippen LogP contribution in [0.4, 0.5) is 0 Å². The van der Waals surface area contributed by atoms with Crippen molar-refractivity contribution in [2.45, 2.75) is 39.2 Å². The molecule has 0 saturated carbocycles. The van der Waals surface area contributed by atoms with Crippen molar-refractivity contribution in [2.75, 3.05) is 6.61 Å². The molecule has 0 amide bonds. The maximum absolute atomic E-state index is 5.66. The Balaban J connectivity index is 2.24. The molecule has 1 aromatic carbocycles. The van der Waals surface area contributed by atoms with E-state index < -0.39 is 0 Å². The monoisotopic (exact) mass is 236 g/mol. The summed E-state index contributed by atoms with van der Waals surface area (Å²) in [4.78, 5) is 0. The number of hydrogen-bond acceptors (Lipinski definition) is 3. The molecule has 0 bridgehead atoms. The number of ether oxygens (including phenoxy) is 1. The number of nitrogens with one attached hydrogen (secondary N) is 1. The third-order valence-electron chi connectivity index (χ3n) is 3.10. The van der Waals surface area contributed by atoms with Gasteiger partial charge in [0.05, 0.1) is 6.61 Å². The summed E-state index contributed by atoms with van der Waals surface area (Å²) in [5.41, 5.74) is 2.87. The van der Waals surface area contributed by atoms with Gasteiger partial charge in [-0.2, -0.15) is 0 Å². The lowest BCUT2D eigenvalue weighted by atomic mass is 9.98. The third-order valence-corrected chi connectivity index (χ3v) is 3.10. The second kappa shape index (κ2) is 8.09. The van der Waals surface area contributed by atoms with Crippen LogP contribution < -0.4 is 16.0 Å². The fourth-order valence-electron chi connectivity index (χ4n) is 1.76. The van der Waals surface area contributed by atoms with Gasteiger partial charge in [-0.25, -0.2) is 0 Å². The molecule has 3 heteroatoms. The molecule has 0 fully saturated rings. The van der Waals surface area contributed by atoms with E-state index in [4.69, 9.17) is 10.6 Å². The standard InChI is InChI=1S/C14H24N2O/c1-3-12(2)11-13(16-15)9-10-17-14-7-5-4-6-8-14/h4-8,12-13,16H,3,9-11,15H2,1-2H3. The summed E-state index contributed by atoms with van der Waals surface area (Å²) in [6, 6.07) is 10.2. The zero-order valence-corrected chi connectivity index (χ0v) is 10.9. The van der Waals surface area contributed by atoms with Crippen molar-refractivity contribution < 1.29 is 4.74 Å². The molecule has 1 aromatic rings. The average molecular weight is 236 g/mol. The molecule has 3 N–H and O–H groups in total. The summed E-state index contributed by atoms with van der Waals surface area (Å²) in [6.45, 7) is 5.16. The summed E-state index contributed by atoms with van der Waals surface area (Å²) in [7, 11) is 0. The van der Waals surface area contributed by atoms with Gasteiger partial charge >= 0.3 is 0 Å². The minimum atomic E-state index is 0.341. The SMILES string of the molecule is CCC(C)CC(CCOc1ccccc1)NN. The van der Waals surface area contributed by atoms with Crippen LogP contribution in [0.25, 0.3) is 0 Å². The largest absolute Gasteiger partial charge is 0.494 e. The van der Waals surface area contributed by atoms with E-state index in [1.807, 2.05) is 30.3 Å². The van der Waals surface area contributed by atoms with Crippen LogP contribution in [0, 0.1) is 5.92 Å². The van der Waals surface area contributed by atoms with Crippen molar-refractivity contribution in [3.63, 3.8) is 0 Å². The molecule has 0 spiro atoms. The first kappa shape index (κ1) is 14.0. The first-order valence-electron chi connectivity index (χ1n) is 6.40. The first-order valence-corrected chi connectivity index (χ1v) is 6.40. The van der Waals surface area contributed by atoms with E-state index in [9.17, 15) is 0 Å². The molecule has 2 unspecified atom stereocenters. The maximum Gasteiger partial charge on any atom is 0.119 e. The van der Waals surface area contributed by atoms with Gasteiger partial charge in [0.2, 0.25) is 0 Å². The van der Waals surface area contributed by atoms with Crippen molar-refractivity contribution in [1.29, 1.82) is 0 Å². The van der Waals surface area contributed by atoms with Crippen LogP contribution in [0.2, 0.25) is 0 Å². The molecule has 1 rings (SSSR count). The van der Waals surface area contributed by atoms with Gasteiger partial charge in [-0.1, -0.05) is 38.5 Å². The Hall–Kier alpha value is -1.06. The molecule has 0 aromatic heterocycles. The molecule has 17 heavy (non-hydrogen) atoms. The van der Waals surface area contributed by atoms with Gasteiger partial charge in [0.25, 0.3) is 0 Å². The molecular formula is C14H24N2O. The smallest absolute Gasteiger partial charge is 0.119 e. The molecule has 0 aliphatic rings. The van der Waals surface area contributed by atoms with E-state index in [0.29, 0.717) is 18.6 Å². The van der Waals surface area contributed by atoms with E-state index in [2.05, 4.69) is 19.3 Å². The minimum Gasteiger partial charge on any atom is -0.494 e. The van der Waals surface area contributed by atoms with Crippen LogP contribution in [0.5, 0.6) is 5.75 Å². The molecule has 3 nitrogen and oxygen atoms in total. The predicted octanol–water partition coefficient (Wildman–Crippen LogP) is 2.72. The van der Waals surface area contributed by atoms with Crippen LogP contribution in [0.3, 0.4) is 0 Å². The Morgan fingerprint density at radius 1 is 1.29 bits per heavy atom. The quantitative estimate of drug-likeness (QED) is 0.539. The molecule has 0 heterocycles. The number of para-hydroxylation sites is 1. The van der Waals surface area contributed by atoms with Crippen LogP contribution in [-0.4, -0.2) is 12.6 Å². The topological polar surface area (TPSA) is 47.3 Å². The summed E-state index contributed by atoms with van der Waals surface area (Å²) in [5.74, 6) is 7.17. The van der Waals surface area contributed by atoms with E-state index in [1.54, 1.807) is 0 Å². The molecule has 0 aliphatic carbocycles. The van der Waals surface area contributed by atoms with E-state index in [-0.39, 0.29) is 0 Å². The maximum atomic E-state index is 5.66. The highest BCUT2D eigenvalue weighted by Gasteiger charge is 2.10. The van der Waals surface area contributed by atoms with Gasteiger partial charge in [-0.05, 0) is 30.9 Å². The molecule has 0 saturated heterocycles. The highest BCUT2D eigenvalue weighted by molar-refractivity contribution is 5.20. The second-order valence-corrected chi connectivity index (χ2v) is 4.56. The fourth-order valence-corrected chi connectivity index (χ4v) is 1.76. The number of hydrogen-bond donors (Lipinski definition) is 2. The number of rotatable bonds is 8. The lowest BCUT2D eigenvalue weighted by Gasteiger charge is -2.19. The van der Waals surface area contributed by atoms with Crippen molar-refractivity contribution in [3.05, 3.63) is 30.3 Å². The molecule has 2 atom stereocenters. The summed E-state index contributed by atoms with van der Waals surface area (Å²) in [5, 5.41) is 0. The number of nitrogens with two attached hydrogens (primary N) is 1. The van der Waals surface area contributed by atoms with Gasteiger partial charge in [0.1, 0.15) is 5.75 Å². The minimum absolute atomic E-state index is 0.341. The molecule has 0 aliphatic heterocycles. The van der Waals surface area contributed by atoms with E-state index in [0.717, 1.165) is 18.6 Å². The van der Waals surface area contributed by atoms with Gasteiger partial charge < -0.3 is 4.74 Å². The Morgan fingerprint density at radius 2 is 2.00 bits per heavy atom. The lowest BCUT2D eigenvalue weighted by molar-refractivity contribution is 0.269. The van der Waals surface area contributed by atoms with Crippen LogP contribution in [0.1, 0.15) is 33.1 Å². The Labute approximate surface area is 104 Å². The molecular weight excluding hydrogens is 212 g/mol. The van der Waals surface area contributed by atoms with Crippen molar-refractivity contribution in [1.82, 2.24) is 5.43 Å².